The average Bonchev–Trinajstić information content (AvgIpc) is 0.918. The SMILES string of the molecule is O=CO.[Os]. The van der Waals surface area contributed by atoms with Gasteiger partial charge in [0.05, 0.1) is 0 Å². The molecule has 1 N–H and O–H groups in total. The Bertz CT molecular complexity index is 13.5. The van der Waals surface area contributed by atoms with Crippen LogP contribution in [0.15, 0.2) is 0 Å². The van der Waals surface area contributed by atoms with Crippen molar-refractivity contribution in [3.05, 3.63) is 0 Å². The van der Waals surface area contributed by atoms with Gasteiger partial charge < -0.3 is 5.11 Å². The van der Waals surface area contributed by atoms with Crippen molar-refractivity contribution in [3.8, 4) is 0 Å². The average molecular weight is 236 g/mol. The molecule has 0 aliphatic rings. The van der Waals surface area contributed by atoms with Crippen molar-refractivity contribution in [2.45, 2.75) is 0 Å². The summed E-state index contributed by atoms with van der Waals surface area (Å²) in [6.07, 6.45) is 0. The molecule has 0 saturated heterocycles. The predicted molar refractivity (Wildman–Crippen MR) is 8.69 cm³/mol. The van der Waals surface area contributed by atoms with Crippen LogP contribution < -0.4 is 0 Å². The molecule has 0 amide bonds. The third-order valence-corrected chi connectivity index (χ3v) is 0. The van der Waals surface area contributed by atoms with Crippen molar-refractivity contribution in [2.75, 3.05) is 0 Å². The van der Waals surface area contributed by atoms with E-state index in [1.807, 2.05) is 0 Å². The zero-order valence-electron chi connectivity index (χ0n) is 1.79. The van der Waals surface area contributed by atoms with Gasteiger partial charge in [-0.1, -0.05) is 0 Å². The summed E-state index contributed by atoms with van der Waals surface area (Å²) in [4.78, 5) is 8.36. The van der Waals surface area contributed by atoms with Crippen LogP contribution in [0.3, 0.4) is 0 Å². The van der Waals surface area contributed by atoms with Crippen LogP contribution in [0.1, 0.15) is 0 Å². The normalized spacial score (nSPS) is 3.00. The van der Waals surface area contributed by atoms with E-state index in [9.17, 15) is 0 Å². The van der Waals surface area contributed by atoms with Gasteiger partial charge in [0.2, 0.25) is 0 Å². The smallest absolute Gasteiger partial charge is 0.290 e. The van der Waals surface area contributed by atoms with Gasteiger partial charge in [-0.3, -0.25) is 4.79 Å². The van der Waals surface area contributed by atoms with Gasteiger partial charge in [-0.15, -0.1) is 0 Å². The zero-order valence-corrected chi connectivity index (χ0v) is 4.33. The summed E-state index contributed by atoms with van der Waals surface area (Å²) >= 11 is 0. The van der Waals surface area contributed by atoms with Gasteiger partial charge in [-0.2, -0.15) is 0 Å². The molecular weight excluding hydrogens is 234 g/mol. The summed E-state index contributed by atoms with van der Waals surface area (Å²) in [5.41, 5.74) is 0. The number of hydrogen-bond acceptors (Lipinski definition) is 1. The Kier molecular flexibility index (Phi) is 25.1. The fraction of sp³-hybridized carbons (Fsp3) is 0. The molecule has 0 fully saturated rings. The summed E-state index contributed by atoms with van der Waals surface area (Å²) in [5.74, 6) is 0. The van der Waals surface area contributed by atoms with Crippen LogP contribution in [0.2, 0.25) is 0 Å². The fourth-order valence-corrected chi connectivity index (χ4v) is 0. The molecular formula is CH2O2Os. The minimum absolute atomic E-state index is 0. The Hall–Kier alpha value is 0.106. The Labute approximate surface area is 36.9 Å². The summed E-state index contributed by atoms with van der Waals surface area (Å²) in [6, 6.07) is 0. The third-order valence-electron chi connectivity index (χ3n) is 0. The van der Waals surface area contributed by atoms with E-state index in [0.29, 0.717) is 0 Å². The van der Waals surface area contributed by atoms with Gasteiger partial charge in [0.1, 0.15) is 0 Å². The van der Waals surface area contributed by atoms with Gasteiger partial charge in [0.15, 0.2) is 0 Å². The van der Waals surface area contributed by atoms with Gasteiger partial charge in [0.25, 0.3) is 6.47 Å². The molecule has 2 nitrogen and oxygen atoms in total. The monoisotopic (exact) mass is 238 g/mol. The second-order valence-corrected chi connectivity index (χ2v) is 0.105. The quantitative estimate of drug-likeness (QED) is 0.586. The van der Waals surface area contributed by atoms with E-state index in [2.05, 4.69) is 0 Å². The minimum atomic E-state index is -0.250. The van der Waals surface area contributed by atoms with E-state index in [0.717, 1.165) is 0 Å². The summed E-state index contributed by atoms with van der Waals surface area (Å²) in [5, 5.41) is 6.89. The Balaban J connectivity index is 0. The molecule has 0 aliphatic carbocycles. The zero-order chi connectivity index (χ0) is 2.71. The van der Waals surface area contributed by atoms with Crippen LogP contribution in [0.4, 0.5) is 0 Å². The van der Waals surface area contributed by atoms with Crippen molar-refractivity contribution >= 4 is 6.47 Å². The van der Waals surface area contributed by atoms with E-state index >= 15 is 0 Å². The summed E-state index contributed by atoms with van der Waals surface area (Å²) < 4.78 is 0. The molecule has 3 heteroatoms. The van der Waals surface area contributed by atoms with Gasteiger partial charge in [-0.05, 0) is 0 Å². The van der Waals surface area contributed by atoms with Crippen LogP contribution in [-0.4, -0.2) is 11.6 Å². The fourth-order valence-electron chi connectivity index (χ4n) is 0. The molecule has 0 rings (SSSR count). The molecule has 0 heterocycles. The molecule has 4 heavy (non-hydrogen) atoms. The Morgan fingerprint density at radius 2 is 1.75 bits per heavy atom. The number of carbonyl (C=O) groups is 1. The molecule has 0 atom stereocenters. The topological polar surface area (TPSA) is 37.3 Å². The van der Waals surface area contributed by atoms with Crippen LogP contribution in [0.5, 0.6) is 0 Å². The van der Waals surface area contributed by atoms with Crippen LogP contribution in [0, 0.1) is 0 Å². The van der Waals surface area contributed by atoms with Gasteiger partial charge in [0, 0.05) is 19.8 Å². The summed E-state index contributed by atoms with van der Waals surface area (Å²) in [6.45, 7) is -0.250. The number of rotatable bonds is 0. The second-order valence-electron chi connectivity index (χ2n) is 0.105. The molecule has 0 unspecified atom stereocenters. The van der Waals surface area contributed by atoms with Gasteiger partial charge >= 0.3 is 0 Å². The molecule has 0 saturated carbocycles. The molecule has 0 radical (unpaired) electrons. The molecule has 0 aromatic carbocycles. The van der Waals surface area contributed by atoms with Crippen LogP contribution in [-0.2, 0) is 24.6 Å². The maximum absolute atomic E-state index is 8.36. The van der Waals surface area contributed by atoms with Gasteiger partial charge in [-0.25, -0.2) is 0 Å². The molecule has 26 valence electrons. The van der Waals surface area contributed by atoms with E-state index in [4.69, 9.17) is 9.90 Å². The van der Waals surface area contributed by atoms with Crippen molar-refractivity contribution in [2.24, 2.45) is 0 Å². The van der Waals surface area contributed by atoms with Crippen LogP contribution >= 0.6 is 0 Å². The first-order valence-electron chi connectivity index (χ1n) is 0.494. The molecule has 0 aromatic rings. The molecule has 0 spiro atoms. The first-order chi connectivity index (χ1) is 1.41. The maximum Gasteiger partial charge on any atom is 0.290 e. The van der Waals surface area contributed by atoms with Crippen molar-refractivity contribution < 1.29 is 29.7 Å². The number of hydrogen-bond donors (Lipinski definition) is 1. The number of carboxylic acid groups (broad SMARTS) is 1. The minimum Gasteiger partial charge on any atom is -0.483 e. The van der Waals surface area contributed by atoms with E-state index in [1.54, 1.807) is 0 Å². The first-order valence-corrected chi connectivity index (χ1v) is 0.494. The van der Waals surface area contributed by atoms with Crippen LogP contribution in [0.25, 0.3) is 0 Å². The molecule has 0 aliphatic heterocycles. The van der Waals surface area contributed by atoms with Crippen molar-refractivity contribution in [1.82, 2.24) is 0 Å². The van der Waals surface area contributed by atoms with Crippen molar-refractivity contribution in [3.63, 3.8) is 0 Å². The van der Waals surface area contributed by atoms with E-state index < -0.39 is 0 Å². The third kappa shape index (κ3) is 228. The molecule has 0 bridgehead atoms. The Morgan fingerprint density at radius 1 is 1.75 bits per heavy atom. The summed E-state index contributed by atoms with van der Waals surface area (Å²) in [7, 11) is 0. The largest absolute Gasteiger partial charge is 0.483 e. The van der Waals surface area contributed by atoms with Crippen molar-refractivity contribution in [1.29, 1.82) is 0 Å². The Morgan fingerprint density at radius 3 is 1.75 bits per heavy atom. The van der Waals surface area contributed by atoms with E-state index in [-0.39, 0.29) is 26.3 Å². The maximum atomic E-state index is 8.36. The van der Waals surface area contributed by atoms with E-state index in [1.165, 1.54) is 0 Å². The standard InChI is InChI=1S/CH2O2.Os/c2-1-3;/h1H,(H,2,3);. The first kappa shape index (κ1) is 8.93. The predicted octanol–water partition coefficient (Wildman–Crippen LogP) is -0.302. The molecule has 0 aromatic heterocycles. The second kappa shape index (κ2) is 11.3.